The van der Waals surface area contributed by atoms with Crippen molar-refractivity contribution in [1.82, 2.24) is 15.5 Å². The number of amides is 1. The van der Waals surface area contributed by atoms with Gasteiger partial charge in [0, 0.05) is 18.4 Å². The Kier molecular flexibility index (Phi) is 7.19. The number of nitrogens with one attached hydrogen (secondary N) is 1. The topological polar surface area (TPSA) is 77.2 Å². The van der Waals surface area contributed by atoms with Crippen molar-refractivity contribution in [2.45, 2.75) is 30.7 Å². The fraction of sp³-hybridized carbons (Fsp3) is 0.160. The van der Waals surface area contributed by atoms with E-state index < -0.39 is 0 Å². The minimum atomic E-state index is -0.117. The fourth-order valence-corrected chi connectivity index (χ4v) is 3.93. The number of hydrogen-bond acceptors (Lipinski definition) is 6. The molecule has 0 aliphatic carbocycles. The summed E-state index contributed by atoms with van der Waals surface area (Å²) >= 11 is 1.51. The number of thioether (sulfide) groups is 1. The van der Waals surface area contributed by atoms with Crippen LogP contribution in [0.2, 0.25) is 0 Å². The maximum absolute atomic E-state index is 12.8. The molecule has 1 N–H and O–H groups in total. The van der Waals surface area contributed by atoms with Crippen LogP contribution in [0.15, 0.2) is 88.3 Å². The molecule has 0 aliphatic heterocycles. The number of rotatable bonds is 9. The first-order chi connectivity index (χ1) is 15.7. The maximum Gasteiger partial charge on any atom is 0.252 e. The molecule has 0 bridgehead atoms. The first kappa shape index (κ1) is 21.6. The zero-order valence-corrected chi connectivity index (χ0v) is 18.5. The van der Waals surface area contributed by atoms with Crippen LogP contribution in [0, 0.1) is 6.92 Å². The molecule has 6 nitrogen and oxygen atoms in total. The van der Waals surface area contributed by atoms with E-state index in [-0.39, 0.29) is 5.91 Å². The molecule has 0 unspecified atom stereocenters. The summed E-state index contributed by atoms with van der Waals surface area (Å²) in [6, 6.07) is 25.3. The van der Waals surface area contributed by atoms with Gasteiger partial charge in [0.15, 0.2) is 5.82 Å². The highest BCUT2D eigenvalue weighted by atomic mass is 32.2. The monoisotopic (exact) mass is 445 g/mol. The van der Waals surface area contributed by atoms with Gasteiger partial charge in [-0.05, 0) is 35.4 Å². The van der Waals surface area contributed by atoms with Crippen LogP contribution >= 0.6 is 11.8 Å². The van der Waals surface area contributed by atoms with Gasteiger partial charge in [-0.1, -0.05) is 59.8 Å². The quantitative estimate of drug-likeness (QED) is 0.358. The standard InChI is InChI=1S/C25H23N3O3S/c1-18-27-24(28-31-18)17-32-23-10-6-5-9-22(23)25(29)26-15-19-11-13-20(14-12-19)16-30-21-7-3-2-4-8-21/h2-14H,15-17H2,1H3,(H,26,29). The van der Waals surface area contributed by atoms with Crippen molar-refractivity contribution in [3.05, 3.63) is 107 Å². The Balaban J connectivity index is 1.30. The third-order valence-electron chi connectivity index (χ3n) is 4.68. The number of aromatic nitrogens is 2. The van der Waals surface area contributed by atoms with Crippen LogP contribution in [-0.4, -0.2) is 16.0 Å². The number of hydrogen-bond donors (Lipinski definition) is 1. The predicted molar refractivity (Wildman–Crippen MR) is 123 cm³/mol. The highest BCUT2D eigenvalue weighted by Gasteiger charge is 2.12. The maximum atomic E-state index is 12.8. The van der Waals surface area contributed by atoms with Crippen molar-refractivity contribution in [2.75, 3.05) is 0 Å². The molecule has 0 aliphatic rings. The number of aryl methyl sites for hydroxylation is 1. The van der Waals surface area contributed by atoms with Crippen molar-refractivity contribution in [3.8, 4) is 5.75 Å². The van der Waals surface area contributed by atoms with Crippen molar-refractivity contribution in [1.29, 1.82) is 0 Å². The van der Waals surface area contributed by atoms with E-state index in [1.54, 1.807) is 6.92 Å². The molecule has 32 heavy (non-hydrogen) atoms. The summed E-state index contributed by atoms with van der Waals surface area (Å²) in [6.07, 6.45) is 0. The second-order valence-electron chi connectivity index (χ2n) is 7.12. The summed E-state index contributed by atoms with van der Waals surface area (Å²) in [7, 11) is 0. The minimum absolute atomic E-state index is 0.117. The zero-order chi connectivity index (χ0) is 22.2. The summed E-state index contributed by atoms with van der Waals surface area (Å²) in [6.45, 7) is 2.70. The molecule has 0 saturated carbocycles. The Morgan fingerprint density at radius 1 is 0.969 bits per heavy atom. The molecule has 0 fully saturated rings. The van der Waals surface area contributed by atoms with Crippen LogP contribution < -0.4 is 10.1 Å². The van der Waals surface area contributed by atoms with Gasteiger partial charge >= 0.3 is 0 Å². The Hall–Kier alpha value is -3.58. The minimum Gasteiger partial charge on any atom is -0.489 e. The van der Waals surface area contributed by atoms with E-state index in [9.17, 15) is 4.79 Å². The lowest BCUT2D eigenvalue weighted by Gasteiger charge is -2.10. The first-order valence-electron chi connectivity index (χ1n) is 10.2. The molecule has 162 valence electrons. The van der Waals surface area contributed by atoms with Gasteiger partial charge in [0.1, 0.15) is 12.4 Å². The van der Waals surface area contributed by atoms with Crippen molar-refractivity contribution < 1.29 is 14.1 Å². The fourth-order valence-electron chi connectivity index (χ4n) is 3.04. The van der Waals surface area contributed by atoms with Crippen molar-refractivity contribution in [3.63, 3.8) is 0 Å². The average molecular weight is 446 g/mol. The van der Waals surface area contributed by atoms with E-state index in [0.717, 1.165) is 21.8 Å². The highest BCUT2D eigenvalue weighted by Crippen LogP contribution is 2.25. The molecule has 7 heteroatoms. The number of nitrogens with zero attached hydrogens (tertiary/aromatic N) is 2. The Morgan fingerprint density at radius 2 is 1.69 bits per heavy atom. The van der Waals surface area contributed by atoms with Crippen LogP contribution in [0.3, 0.4) is 0 Å². The normalized spacial score (nSPS) is 10.7. The van der Waals surface area contributed by atoms with Crippen LogP contribution in [0.1, 0.15) is 33.2 Å². The van der Waals surface area contributed by atoms with Gasteiger partial charge in [0.2, 0.25) is 5.89 Å². The molecule has 0 spiro atoms. The van der Waals surface area contributed by atoms with E-state index in [0.29, 0.717) is 36.2 Å². The third kappa shape index (κ3) is 5.98. The van der Waals surface area contributed by atoms with Gasteiger partial charge in [0.25, 0.3) is 5.91 Å². The second-order valence-corrected chi connectivity index (χ2v) is 8.13. The van der Waals surface area contributed by atoms with Crippen molar-refractivity contribution >= 4 is 17.7 Å². The number of carbonyl (C=O) groups excluding carboxylic acids is 1. The lowest BCUT2D eigenvalue weighted by atomic mass is 10.1. The molecule has 1 heterocycles. The van der Waals surface area contributed by atoms with Crippen LogP contribution in [0.5, 0.6) is 5.75 Å². The Bertz CT molecular complexity index is 1160. The SMILES string of the molecule is Cc1nc(CSc2ccccc2C(=O)NCc2ccc(COc3ccccc3)cc2)no1. The van der Waals surface area contributed by atoms with Gasteiger partial charge in [-0.15, -0.1) is 11.8 Å². The summed E-state index contributed by atoms with van der Waals surface area (Å²) in [5.41, 5.74) is 2.72. The van der Waals surface area contributed by atoms with Gasteiger partial charge in [-0.25, -0.2) is 0 Å². The number of carbonyl (C=O) groups is 1. The summed E-state index contributed by atoms with van der Waals surface area (Å²) in [5, 5.41) is 6.90. The van der Waals surface area contributed by atoms with E-state index in [1.807, 2.05) is 78.9 Å². The Labute approximate surface area is 191 Å². The molecule has 4 rings (SSSR count). The van der Waals surface area contributed by atoms with Crippen LogP contribution in [0.4, 0.5) is 0 Å². The van der Waals surface area contributed by atoms with Gasteiger partial charge in [-0.2, -0.15) is 4.98 Å². The molecule has 0 atom stereocenters. The van der Waals surface area contributed by atoms with E-state index in [1.165, 1.54) is 11.8 Å². The van der Waals surface area contributed by atoms with Crippen LogP contribution in [0.25, 0.3) is 0 Å². The number of benzene rings is 3. The number of para-hydroxylation sites is 1. The van der Waals surface area contributed by atoms with Gasteiger partial charge in [0.05, 0.1) is 11.3 Å². The molecular weight excluding hydrogens is 422 g/mol. The lowest BCUT2D eigenvalue weighted by molar-refractivity contribution is 0.0948. The summed E-state index contributed by atoms with van der Waals surface area (Å²) < 4.78 is 10.8. The molecule has 1 amide bonds. The first-order valence-corrected chi connectivity index (χ1v) is 11.2. The summed E-state index contributed by atoms with van der Waals surface area (Å²) in [5.74, 6) is 2.40. The van der Waals surface area contributed by atoms with Crippen molar-refractivity contribution in [2.24, 2.45) is 0 Å². The highest BCUT2D eigenvalue weighted by molar-refractivity contribution is 7.98. The summed E-state index contributed by atoms with van der Waals surface area (Å²) in [4.78, 5) is 17.9. The smallest absolute Gasteiger partial charge is 0.252 e. The third-order valence-corrected chi connectivity index (χ3v) is 5.75. The Morgan fingerprint density at radius 3 is 2.44 bits per heavy atom. The largest absolute Gasteiger partial charge is 0.489 e. The average Bonchev–Trinajstić information content (AvgIpc) is 3.26. The molecule has 3 aromatic carbocycles. The molecule has 1 aromatic heterocycles. The van der Waals surface area contributed by atoms with E-state index in [4.69, 9.17) is 9.26 Å². The van der Waals surface area contributed by atoms with Crippen LogP contribution in [-0.2, 0) is 18.9 Å². The zero-order valence-electron chi connectivity index (χ0n) is 17.7. The van der Waals surface area contributed by atoms with Gasteiger partial charge < -0.3 is 14.6 Å². The van der Waals surface area contributed by atoms with Gasteiger partial charge in [-0.3, -0.25) is 4.79 Å². The lowest BCUT2D eigenvalue weighted by Crippen LogP contribution is -2.23. The molecule has 0 radical (unpaired) electrons. The molecule has 4 aromatic rings. The second kappa shape index (κ2) is 10.6. The van der Waals surface area contributed by atoms with E-state index >= 15 is 0 Å². The number of ether oxygens (including phenoxy) is 1. The van der Waals surface area contributed by atoms with E-state index in [2.05, 4.69) is 15.5 Å². The predicted octanol–water partition coefficient (Wildman–Crippen LogP) is 5.18. The molecular formula is C25H23N3O3S. The molecule has 0 saturated heterocycles.